The van der Waals surface area contributed by atoms with Crippen molar-refractivity contribution >= 4 is 35.0 Å². The number of ether oxygens (including phenoxy) is 1. The first-order valence-electron chi connectivity index (χ1n) is 10.1. The number of rotatable bonds is 8. The molecule has 0 heterocycles. The summed E-state index contributed by atoms with van der Waals surface area (Å²) in [6.07, 6.45) is 0. The van der Waals surface area contributed by atoms with Crippen LogP contribution in [0.1, 0.15) is 35.3 Å². The van der Waals surface area contributed by atoms with E-state index in [0.29, 0.717) is 29.3 Å². The van der Waals surface area contributed by atoms with E-state index in [1.54, 1.807) is 42.1 Å². The highest BCUT2D eigenvalue weighted by Gasteiger charge is 2.12. The van der Waals surface area contributed by atoms with Crippen molar-refractivity contribution in [2.45, 2.75) is 31.4 Å². The quantitative estimate of drug-likeness (QED) is 0.433. The summed E-state index contributed by atoms with van der Waals surface area (Å²) in [6.45, 7) is 6.01. The van der Waals surface area contributed by atoms with Crippen LogP contribution in [-0.4, -0.2) is 18.4 Å². The zero-order valence-corrected chi connectivity index (χ0v) is 18.7. The third kappa shape index (κ3) is 6.62. The number of carbonyl (C=O) groups is 2. The molecule has 2 N–H and O–H groups in total. The number of anilines is 2. The Hall–Kier alpha value is -3.25. The molecule has 31 heavy (non-hydrogen) atoms. The predicted molar refractivity (Wildman–Crippen MR) is 127 cm³/mol. The van der Waals surface area contributed by atoms with Crippen LogP contribution in [0.15, 0.2) is 71.6 Å². The van der Waals surface area contributed by atoms with Gasteiger partial charge in [0.2, 0.25) is 5.91 Å². The smallest absolute Gasteiger partial charge is 0.255 e. The number of hydrogen-bond donors (Lipinski definition) is 2. The summed E-state index contributed by atoms with van der Waals surface area (Å²) in [5.74, 6) is 1.10. The number of benzene rings is 3. The second-order valence-electron chi connectivity index (χ2n) is 7.07. The minimum atomic E-state index is -0.218. The lowest BCUT2D eigenvalue weighted by Gasteiger charge is -2.13. The third-order valence-electron chi connectivity index (χ3n) is 4.48. The van der Waals surface area contributed by atoms with Gasteiger partial charge in [-0.05, 0) is 62.4 Å². The molecular weight excluding hydrogens is 408 g/mol. The van der Waals surface area contributed by atoms with Gasteiger partial charge in [-0.1, -0.05) is 23.8 Å². The van der Waals surface area contributed by atoms with Crippen molar-refractivity contribution in [3.63, 3.8) is 0 Å². The lowest BCUT2D eigenvalue weighted by atomic mass is 10.1. The first-order valence-corrected chi connectivity index (χ1v) is 11.1. The fourth-order valence-electron chi connectivity index (χ4n) is 3.01. The maximum absolute atomic E-state index is 12.8. The minimum Gasteiger partial charge on any atom is -0.494 e. The van der Waals surface area contributed by atoms with E-state index in [2.05, 4.69) is 41.8 Å². The Morgan fingerprint density at radius 2 is 1.65 bits per heavy atom. The molecule has 0 saturated carbocycles. The van der Waals surface area contributed by atoms with Gasteiger partial charge in [0.1, 0.15) is 5.75 Å². The standard InChI is InChI=1S/C25H26N2O3S/c1-4-30-24-13-10-19(14-20(24)16-31-23-11-8-17(2)9-12-23)25(29)27-22-7-5-6-21(15-22)26-18(3)28/h5-15H,4,16H2,1-3H3,(H,26,28)(H,27,29). The zero-order chi connectivity index (χ0) is 22.2. The molecule has 160 valence electrons. The molecule has 0 unspecified atom stereocenters. The Balaban J connectivity index is 1.76. The largest absolute Gasteiger partial charge is 0.494 e. The summed E-state index contributed by atoms with van der Waals surface area (Å²) in [5.41, 5.74) is 3.98. The Bertz CT molecular complexity index is 1060. The summed E-state index contributed by atoms with van der Waals surface area (Å²) in [6, 6.07) is 20.9. The average molecular weight is 435 g/mol. The van der Waals surface area contributed by atoms with Crippen LogP contribution >= 0.6 is 11.8 Å². The van der Waals surface area contributed by atoms with Crippen molar-refractivity contribution in [1.82, 2.24) is 0 Å². The van der Waals surface area contributed by atoms with E-state index < -0.39 is 0 Å². The van der Waals surface area contributed by atoms with Gasteiger partial charge in [-0.3, -0.25) is 9.59 Å². The summed E-state index contributed by atoms with van der Waals surface area (Å²) < 4.78 is 5.77. The van der Waals surface area contributed by atoms with Crippen molar-refractivity contribution < 1.29 is 14.3 Å². The van der Waals surface area contributed by atoms with Gasteiger partial charge in [-0.15, -0.1) is 11.8 Å². The molecule has 0 aliphatic rings. The molecule has 0 fully saturated rings. The third-order valence-corrected chi connectivity index (χ3v) is 5.54. The summed E-state index contributed by atoms with van der Waals surface area (Å²) >= 11 is 1.70. The van der Waals surface area contributed by atoms with Crippen LogP contribution in [0.25, 0.3) is 0 Å². The normalized spacial score (nSPS) is 10.4. The van der Waals surface area contributed by atoms with Crippen molar-refractivity contribution in [2.24, 2.45) is 0 Å². The maximum atomic E-state index is 12.8. The van der Waals surface area contributed by atoms with Gasteiger partial charge in [0.15, 0.2) is 0 Å². The van der Waals surface area contributed by atoms with Gasteiger partial charge in [0, 0.05) is 40.1 Å². The molecule has 0 bridgehead atoms. The van der Waals surface area contributed by atoms with Crippen molar-refractivity contribution in [3.05, 3.63) is 83.4 Å². The summed E-state index contributed by atoms with van der Waals surface area (Å²) in [5, 5.41) is 5.61. The van der Waals surface area contributed by atoms with Crippen LogP contribution in [0.2, 0.25) is 0 Å². The molecule has 3 aromatic rings. The van der Waals surface area contributed by atoms with E-state index in [-0.39, 0.29) is 11.8 Å². The molecule has 0 radical (unpaired) electrons. The van der Waals surface area contributed by atoms with Crippen LogP contribution in [0.5, 0.6) is 5.75 Å². The predicted octanol–water partition coefficient (Wildman–Crippen LogP) is 5.90. The van der Waals surface area contributed by atoms with E-state index in [1.165, 1.54) is 12.5 Å². The lowest BCUT2D eigenvalue weighted by Crippen LogP contribution is -2.13. The van der Waals surface area contributed by atoms with E-state index in [4.69, 9.17) is 4.74 Å². The molecule has 3 aromatic carbocycles. The van der Waals surface area contributed by atoms with E-state index >= 15 is 0 Å². The number of thioether (sulfide) groups is 1. The minimum absolute atomic E-state index is 0.161. The molecule has 5 nitrogen and oxygen atoms in total. The molecule has 6 heteroatoms. The van der Waals surface area contributed by atoms with Crippen LogP contribution in [0, 0.1) is 6.92 Å². The van der Waals surface area contributed by atoms with Crippen molar-refractivity contribution in [2.75, 3.05) is 17.2 Å². The highest BCUT2D eigenvalue weighted by atomic mass is 32.2. The van der Waals surface area contributed by atoms with Crippen molar-refractivity contribution in [1.29, 1.82) is 0 Å². The number of aryl methyl sites for hydroxylation is 1. The fraction of sp³-hybridized carbons (Fsp3) is 0.200. The second kappa shape index (κ2) is 10.7. The highest BCUT2D eigenvalue weighted by molar-refractivity contribution is 7.98. The Kier molecular flexibility index (Phi) is 7.73. The Morgan fingerprint density at radius 1 is 0.935 bits per heavy atom. The highest BCUT2D eigenvalue weighted by Crippen LogP contribution is 2.29. The molecule has 0 aromatic heterocycles. The van der Waals surface area contributed by atoms with Crippen LogP contribution in [0.3, 0.4) is 0 Å². The molecule has 0 saturated heterocycles. The van der Waals surface area contributed by atoms with Gasteiger partial charge in [-0.25, -0.2) is 0 Å². The fourth-order valence-corrected chi connectivity index (χ4v) is 3.88. The van der Waals surface area contributed by atoms with E-state index in [9.17, 15) is 9.59 Å². The van der Waals surface area contributed by atoms with Crippen LogP contribution < -0.4 is 15.4 Å². The topological polar surface area (TPSA) is 67.4 Å². The average Bonchev–Trinajstić information content (AvgIpc) is 2.74. The Labute approximate surface area is 187 Å². The summed E-state index contributed by atoms with van der Waals surface area (Å²) in [7, 11) is 0. The number of carbonyl (C=O) groups excluding carboxylic acids is 2. The number of hydrogen-bond acceptors (Lipinski definition) is 4. The summed E-state index contributed by atoms with van der Waals surface area (Å²) in [4.78, 5) is 25.3. The van der Waals surface area contributed by atoms with Gasteiger partial charge in [0.25, 0.3) is 5.91 Å². The van der Waals surface area contributed by atoms with E-state index in [1.807, 2.05) is 19.1 Å². The monoisotopic (exact) mass is 434 g/mol. The van der Waals surface area contributed by atoms with Crippen LogP contribution in [-0.2, 0) is 10.5 Å². The SMILES string of the molecule is CCOc1ccc(C(=O)Nc2cccc(NC(C)=O)c2)cc1CSc1ccc(C)cc1. The van der Waals surface area contributed by atoms with Crippen molar-refractivity contribution in [3.8, 4) is 5.75 Å². The molecule has 0 spiro atoms. The van der Waals surface area contributed by atoms with Gasteiger partial charge in [-0.2, -0.15) is 0 Å². The molecular formula is C25H26N2O3S. The molecule has 2 amide bonds. The molecule has 0 atom stereocenters. The number of amides is 2. The second-order valence-corrected chi connectivity index (χ2v) is 8.12. The first kappa shape index (κ1) is 22.4. The van der Waals surface area contributed by atoms with Gasteiger partial charge < -0.3 is 15.4 Å². The number of nitrogens with one attached hydrogen (secondary N) is 2. The zero-order valence-electron chi connectivity index (χ0n) is 17.9. The Morgan fingerprint density at radius 3 is 2.32 bits per heavy atom. The van der Waals surface area contributed by atoms with Gasteiger partial charge >= 0.3 is 0 Å². The first-order chi connectivity index (χ1) is 14.9. The van der Waals surface area contributed by atoms with Gasteiger partial charge in [0.05, 0.1) is 6.61 Å². The maximum Gasteiger partial charge on any atom is 0.255 e. The molecule has 0 aliphatic heterocycles. The lowest BCUT2D eigenvalue weighted by molar-refractivity contribution is -0.114. The molecule has 3 rings (SSSR count). The molecule has 0 aliphatic carbocycles. The van der Waals surface area contributed by atoms with E-state index in [0.717, 1.165) is 16.2 Å². The van der Waals surface area contributed by atoms with Crippen LogP contribution in [0.4, 0.5) is 11.4 Å².